The lowest BCUT2D eigenvalue weighted by Crippen LogP contribution is -2.43. The normalized spacial score (nSPS) is 10.1. The Morgan fingerprint density at radius 1 is 0.933 bits per heavy atom. The monoisotopic (exact) mass is 218 g/mol. The van der Waals surface area contributed by atoms with Crippen molar-refractivity contribution >= 4 is 17.8 Å². The predicted molar refractivity (Wildman–Crippen MR) is 50.4 cm³/mol. The van der Waals surface area contributed by atoms with Crippen molar-refractivity contribution in [1.29, 1.82) is 0 Å². The third-order valence-electron chi connectivity index (χ3n) is 1.46. The predicted octanol–water partition coefficient (Wildman–Crippen LogP) is -1.45. The molecular formula is C8H14N2O5. The van der Waals surface area contributed by atoms with Crippen molar-refractivity contribution in [1.82, 2.24) is 9.80 Å². The first-order chi connectivity index (χ1) is 6.82. The molecule has 15 heavy (non-hydrogen) atoms. The van der Waals surface area contributed by atoms with E-state index in [1.807, 2.05) is 0 Å². The van der Waals surface area contributed by atoms with E-state index >= 15 is 0 Å². The van der Waals surface area contributed by atoms with Crippen LogP contribution in [0.1, 0.15) is 0 Å². The maximum absolute atomic E-state index is 11.4. The molecule has 0 bridgehead atoms. The summed E-state index contributed by atoms with van der Waals surface area (Å²) in [5.74, 6) is -2.99. The fourth-order valence-electron chi connectivity index (χ4n) is 0.929. The van der Waals surface area contributed by atoms with Crippen LogP contribution in [0.2, 0.25) is 0 Å². The van der Waals surface area contributed by atoms with E-state index in [9.17, 15) is 14.4 Å². The van der Waals surface area contributed by atoms with Gasteiger partial charge in [-0.2, -0.15) is 0 Å². The van der Waals surface area contributed by atoms with Crippen molar-refractivity contribution in [3.8, 4) is 0 Å². The quantitative estimate of drug-likeness (QED) is 0.565. The molecule has 0 aromatic heterocycles. The highest BCUT2D eigenvalue weighted by atomic mass is 16.4. The molecule has 2 N–H and O–H groups in total. The first kappa shape index (κ1) is 13.4. The molecule has 0 aliphatic heterocycles. The lowest BCUT2D eigenvalue weighted by molar-refractivity contribution is -0.149. The molecule has 86 valence electrons. The highest BCUT2D eigenvalue weighted by molar-refractivity contribution is 5.86. The lowest BCUT2D eigenvalue weighted by atomic mass is 10.4. The molecule has 0 saturated heterocycles. The highest BCUT2D eigenvalue weighted by Gasteiger charge is 2.19. The van der Waals surface area contributed by atoms with Crippen molar-refractivity contribution in [2.24, 2.45) is 0 Å². The van der Waals surface area contributed by atoms with Crippen LogP contribution in [-0.2, 0) is 14.4 Å². The number of carbonyl (C=O) groups is 3. The summed E-state index contributed by atoms with van der Waals surface area (Å²) in [5.41, 5.74) is 0. The molecule has 7 nitrogen and oxygen atoms in total. The van der Waals surface area contributed by atoms with Crippen LogP contribution in [-0.4, -0.2) is 71.6 Å². The van der Waals surface area contributed by atoms with Crippen LogP contribution < -0.4 is 0 Å². The van der Waals surface area contributed by atoms with Crippen LogP contribution >= 0.6 is 0 Å². The Hall–Kier alpha value is -1.63. The van der Waals surface area contributed by atoms with E-state index in [2.05, 4.69) is 0 Å². The molecule has 0 aromatic rings. The van der Waals surface area contributed by atoms with Gasteiger partial charge < -0.3 is 20.0 Å². The van der Waals surface area contributed by atoms with E-state index in [0.29, 0.717) is 0 Å². The molecule has 0 heterocycles. The standard InChI is InChI=1S/C8H14N2O5/c1-9(2)3-6(11)10(4-7(12)13)5-8(14)15/h3-5H2,1-2H3,(H,12,13)(H,14,15). The summed E-state index contributed by atoms with van der Waals surface area (Å²) in [6.07, 6.45) is 0. The van der Waals surface area contributed by atoms with Gasteiger partial charge >= 0.3 is 11.9 Å². The van der Waals surface area contributed by atoms with Gasteiger partial charge in [0.05, 0.1) is 6.54 Å². The molecule has 0 spiro atoms. The number of aliphatic carboxylic acids is 2. The first-order valence-electron chi connectivity index (χ1n) is 4.19. The van der Waals surface area contributed by atoms with E-state index in [1.165, 1.54) is 0 Å². The molecule has 0 aliphatic rings. The van der Waals surface area contributed by atoms with Crippen LogP contribution in [0, 0.1) is 0 Å². The molecule has 0 rings (SSSR count). The minimum atomic E-state index is -1.23. The van der Waals surface area contributed by atoms with Crippen LogP contribution in [0.4, 0.5) is 0 Å². The smallest absolute Gasteiger partial charge is 0.323 e. The number of carboxylic acid groups (broad SMARTS) is 2. The van der Waals surface area contributed by atoms with E-state index in [-0.39, 0.29) is 6.54 Å². The Bertz CT molecular complexity index is 248. The third-order valence-corrected chi connectivity index (χ3v) is 1.46. The zero-order valence-corrected chi connectivity index (χ0v) is 8.63. The van der Waals surface area contributed by atoms with Gasteiger partial charge in [0.2, 0.25) is 5.91 Å². The Labute approximate surface area is 86.9 Å². The maximum atomic E-state index is 11.4. The lowest BCUT2D eigenvalue weighted by Gasteiger charge is -2.20. The molecule has 1 amide bonds. The number of hydrogen-bond donors (Lipinski definition) is 2. The minimum absolute atomic E-state index is 0.0133. The number of carbonyl (C=O) groups excluding carboxylic acids is 1. The van der Waals surface area contributed by atoms with E-state index < -0.39 is 30.9 Å². The Kier molecular flexibility index (Phi) is 5.32. The Balaban J connectivity index is 4.40. The van der Waals surface area contributed by atoms with E-state index in [0.717, 1.165) is 4.90 Å². The summed E-state index contributed by atoms with van der Waals surface area (Å²) in [5, 5.41) is 17.0. The third kappa shape index (κ3) is 6.44. The summed E-state index contributed by atoms with van der Waals surface area (Å²) in [7, 11) is 3.27. The van der Waals surface area contributed by atoms with Gasteiger partial charge in [0.1, 0.15) is 13.1 Å². The molecular weight excluding hydrogens is 204 g/mol. The molecule has 0 atom stereocenters. The SMILES string of the molecule is CN(C)CC(=O)N(CC(=O)O)CC(=O)O. The van der Waals surface area contributed by atoms with E-state index in [4.69, 9.17) is 10.2 Å². The molecule has 0 unspecified atom stereocenters. The zero-order chi connectivity index (χ0) is 12.0. The molecule has 0 radical (unpaired) electrons. The average Bonchev–Trinajstić information content (AvgIpc) is 1.99. The molecule has 7 heteroatoms. The summed E-state index contributed by atoms with van der Waals surface area (Å²) < 4.78 is 0. The fraction of sp³-hybridized carbons (Fsp3) is 0.625. The van der Waals surface area contributed by atoms with E-state index in [1.54, 1.807) is 19.0 Å². The molecule has 0 fully saturated rings. The minimum Gasteiger partial charge on any atom is -0.480 e. The van der Waals surface area contributed by atoms with Crippen molar-refractivity contribution in [3.63, 3.8) is 0 Å². The summed E-state index contributed by atoms with van der Waals surface area (Å²) >= 11 is 0. The number of amides is 1. The van der Waals surface area contributed by atoms with Crippen LogP contribution in [0.15, 0.2) is 0 Å². The maximum Gasteiger partial charge on any atom is 0.323 e. The number of nitrogens with zero attached hydrogens (tertiary/aromatic N) is 2. The van der Waals surface area contributed by atoms with Gasteiger partial charge in [-0.05, 0) is 14.1 Å². The number of rotatable bonds is 6. The van der Waals surface area contributed by atoms with Crippen LogP contribution in [0.25, 0.3) is 0 Å². The van der Waals surface area contributed by atoms with Gasteiger partial charge in [-0.1, -0.05) is 0 Å². The molecule has 0 aromatic carbocycles. The second kappa shape index (κ2) is 5.97. The number of hydrogen-bond acceptors (Lipinski definition) is 4. The van der Waals surface area contributed by atoms with Crippen molar-refractivity contribution in [3.05, 3.63) is 0 Å². The zero-order valence-electron chi connectivity index (χ0n) is 8.63. The Morgan fingerprint density at radius 3 is 1.60 bits per heavy atom. The van der Waals surface area contributed by atoms with Crippen molar-refractivity contribution < 1.29 is 24.6 Å². The average molecular weight is 218 g/mol. The molecule has 0 saturated carbocycles. The molecule has 0 aliphatic carbocycles. The van der Waals surface area contributed by atoms with Crippen LogP contribution in [0.3, 0.4) is 0 Å². The van der Waals surface area contributed by atoms with Crippen molar-refractivity contribution in [2.45, 2.75) is 0 Å². The summed E-state index contributed by atoms with van der Waals surface area (Å²) in [6.45, 7) is -1.21. The van der Waals surface area contributed by atoms with Gasteiger partial charge in [0.25, 0.3) is 0 Å². The van der Waals surface area contributed by atoms with Gasteiger partial charge in [-0.15, -0.1) is 0 Å². The highest BCUT2D eigenvalue weighted by Crippen LogP contribution is 1.92. The first-order valence-corrected chi connectivity index (χ1v) is 4.19. The van der Waals surface area contributed by atoms with Crippen LogP contribution in [0.5, 0.6) is 0 Å². The Morgan fingerprint density at radius 2 is 1.33 bits per heavy atom. The second-order valence-electron chi connectivity index (χ2n) is 3.28. The summed E-state index contributed by atoms with van der Waals surface area (Å²) in [4.78, 5) is 34.5. The van der Waals surface area contributed by atoms with Crippen molar-refractivity contribution in [2.75, 3.05) is 33.7 Å². The second-order valence-corrected chi connectivity index (χ2v) is 3.28. The summed E-state index contributed by atoms with van der Waals surface area (Å²) in [6, 6.07) is 0. The van der Waals surface area contributed by atoms with Gasteiger partial charge in [-0.25, -0.2) is 0 Å². The van der Waals surface area contributed by atoms with Gasteiger partial charge in [0, 0.05) is 0 Å². The largest absolute Gasteiger partial charge is 0.480 e. The number of likely N-dealkylation sites (N-methyl/N-ethyl adjacent to an activating group) is 1. The van der Waals surface area contributed by atoms with Gasteiger partial charge in [0.15, 0.2) is 0 Å². The number of carboxylic acids is 2. The van der Waals surface area contributed by atoms with Gasteiger partial charge in [-0.3, -0.25) is 14.4 Å². The topological polar surface area (TPSA) is 98.2 Å². The fourth-order valence-corrected chi connectivity index (χ4v) is 0.929.